The standard InChI is InChI=1S/C17H23F3N2O3.ClH/c1-4-24-13-9-16(21,15(13,2)3)14(23)22-11-6-5-7-12(8-11)25-10-17(18,19)20;/h5-8,13H,4,9-10,21H2,1-3H3,(H,22,23);1H. The third-order valence-electron chi connectivity index (χ3n) is 4.73. The second-order valence-corrected chi connectivity index (χ2v) is 6.73. The summed E-state index contributed by atoms with van der Waals surface area (Å²) in [6.07, 6.45) is -4.16. The highest BCUT2D eigenvalue weighted by molar-refractivity contribution is 5.99. The van der Waals surface area contributed by atoms with Crippen LogP contribution in [0.2, 0.25) is 0 Å². The molecule has 1 aliphatic rings. The number of alkyl halides is 3. The summed E-state index contributed by atoms with van der Waals surface area (Å²) in [5.74, 6) is -0.386. The molecule has 1 amide bonds. The van der Waals surface area contributed by atoms with Crippen molar-refractivity contribution in [3.8, 4) is 5.75 Å². The molecule has 26 heavy (non-hydrogen) atoms. The second-order valence-electron chi connectivity index (χ2n) is 6.73. The number of carbonyl (C=O) groups excluding carboxylic acids is 1. The molecule has 0 radical (unpaired) electrons. The Morgan fingerprint density at radius 1 is 1.38 bits per heavy atom. The number of nitrogens with one attached hydrogen (secondary N) is 1. The van der Waals surface area contributed by atoms with Gasteiger partial charge in [-0.2, -0.15) is 13.2 Å². The summed E-state index contributed by atoms with van der Waals surface area (Å²) in [5, 5.41) is 2.66. The zero-order valence-corrected chi connectivity index (χ0v) is 15.7. The number of rotatable bonds is 6. The first-order valence-corrected chi connectivity index (χ1v) is 8.01. The Labute approximate surface area is 156 Å². The van der Waals surface area contributed by atoms with Gasteiger partial charge in [-0.15, -0.1) is 12.4 Å². The number of hydrogen-bond acceptors (Lipinski definition) is 4. The van der Waals surface area contributed by atoms with Gasteiger partial charge in [0.15, 0.2) is 6.61 Å². The summed E-state index contributed by atoms with van der Waals surface area (Å²) >= 11 is 0. The minimum Gasteiger partial charge on any atom is -0.484 e. The number of hydrogen-bond donors (Lipinski definition) is 2. The lowest BCUT2D eigenvalue weighted by Gasteiger charge is -2.57. The van der Waals surface area contributed by atoms with E-state index in [0.717, 1.165) is 0 Å². The van der Waals surface area contributed by atoms with Crippen molar-refractivity contribution in [1.82, 2.24) is 0 Å². The van der Waals surface area contributed by atoms with Crippen LogP contribution in [-0.2, 0) is 9.53 Å². The molecule has 0 saturated heterocycles. The van der Waals surface area contributed by atoms with Crippen molar-refractivity contribution in [3.63, 3.8) is 0 Å². The lowest BCUT2D eigenvalue weighted by molar-refractivity contribution is -0.166. The number of benzene rings is 1. The number of carbonyl (C=O) groups is 1. The summed E-state index contributed by atoms with van der Waals surface area (Å²) in [6, 6.07) is 5.78. The monoisotopic (exact) mass is 396 g/mol. The zero-order valence-electron chi connectivity index (χ0n) is 14.9. The van der Waals surface area contributed by atoms with Gasteiger partial charge in [0.25, 0.3) is 0 Å². The van der Waals surface area contributed by atoms with Crippen LogP contribution >= 0.6 is 12.4 Å². The molecule has 2 rings (SSSR count). The van der Waals surface area contributed by atoms with Crippen molar-refractivity contribution >= 4 is 24.0 Å². The quantitative estimate of drug-likeness (QED) is 0.771. The lowest BCUT2D eigenvalue weighted by Crippen LogP contribution is -2.74. The molecular weight excluding hydrogens is 373 g/mol. The van der Waals surface area contributed by atoms with Gasteiger partial charge in [0.2, 0.25) is 5.91 Å². The number of ether oxygens (including phenoxy) is 2. The van der Waals surface area contributed by atoms with Crippen molar-refractivity contribution in [2.75, 3.05) is 18.5 Å². The van der Waals surface area contributed by atoms with E-state index in [1.54, 1.807) is 6.07 Å². The average molecular weight is 397 g/mol. The number of amides is 1. The first-order chi connectivity index (χ1) is 11.5. The van der Waals surface area contributed by atoms with E-state index >= 15 is 0 Å². The van der Waals surface area contributed by atoms with Gasteiger partial charge in [-0.25, -0.2) is 0 Å². The van der Waals surface area contributed by atoms with E-state index in [9.17, 15) is 18.0 Å². The smallest absolute Gasteiger partial charge is 0.422 e. The number of nitrogens with two attached hydrogens (primary N) is 1. The molecule has 0 bridgehead atoms. The second kappa shape index (κ2) is 8.02. The number of anilines is 1. The van der Waals surface area contributed by atoms with Crippen molar-refractivity contribution in [2.24, 2.45) is 11.1 Å². The summed E-state index contributed by atoms with van der Waals surface area (Å²) in [7, 11) is 0. The Morgan fingerprint density at radius 2 is 2.04 bits per heavy atom. The molecule has 1 aliphatic carbocycles. The Bertz CT molecular complexity index is 640. The average Bonchev–Trinajstić information content (AvgIpc) is 2.52. The Hall–Kier alpha value is -1.51. The van der Waals surface area contributed by atoms with Crippen LogP contribution in [-0.4, -0.2) is 36.9 Å². The Morgan fingerprint density at radius 3 is 2.58 bits per heavy atom. The first kappa shape index (κ1) is 22.5. The predicted molar refractivity (Wildman–Crippen MR) is 94.6 cm³/mol. The fourth-order valence-electron chi connectivity index (χ4n) is 2.89. The molecule has 1 aromatic rings. The van der Waals surface area contributed by atoms with Gasteiger partial charge in [-0.1, -0.05) is 19.9 Å². The predicted octanol–water partition coefficient (Wildman–Crippen LogP) is 3.52. The van der Waals surface area contributed by atoms with Gasteiger partial charge in [0, 0.05) is 30.2 Å². The van der Waals surface area contributed by atoms with Crippen LogP contribution < -0.4 is 15.8 Å². The third kappa shape index (κ3) is 4.61. The van der Waals surface area contributed by atoms with Gasteiger partial charge in [0.1, 0.15) is 11.3 Å². The highest BCUT2D eigenvalue weighted by Crippen LogP contribution is 2.50. The molecule has 9 heteroatoms. The molecule has 0 spiro atoms. The summed E-state index contributed by atoms with van der Waals surface area (Å²) < 4.78 is 46.9. The van der Waals surface area contributed by atoms with Crippen LogP contribution in [0, 0.1) is 5.41 Å². The van der Waals surface area contributed by atoms with Gasteiger partial charge < -0.3 is 20.5 Å². The Kier molecular flexibility index (Phi) is 6.95. The molecule has 2 unspecified atom stereocenters. The maximum absolute atomic E-state index is 12.6. The van der Waals surface area contributed by atoms with Crippen LogP contribution in [0.1, 0.15) is 27.2 Å². The molecule has 1 saturated carbocycles. The normalized spacial score (nSPS) is 24.2. The van der Waals surface area contributed by atoms with Crippen molar-refractivity contribution in [3.05, 3.63) is 24.3 Å². The van der Waals surface area contributed by atoms with E-state index in [4.69, 9.17) is 10.5 Å². The first-order valence-electron chi connectivity index (χ1n) is 8.01. The molecule has 5 nitrogen and oxygen atoms in total. The van der Waals surface area contributed by atoms with Gasteiger partial charge in [-0.3, -0.25) is 4.79 Å². The van der Waals surface area contributed by atoms with Crippen LogP contribution in [0.15, 0.2) is 24.3 Å². The van der Waals surface area contributed by atoms with Crippen molar-refractivity contribution < 1.29 is 27.4 Å². The largest absolute Gasteiger partial charge is 0.484 e. The maximum Gasteiger partial charge on any atom is 0.422 e. The van der Waals surface area contributed by atoms with Gasteiger partial charge in [-0.05, 0) is 19.1 Å². The van der Waals surface area contributed by atoms with Gasteiger partial charge in [0.05, 0.1) is 6.10 Å². The van der Waals surface area contributed by atoms with Crippen molar-refractivity contribution in [1.29, 1.82) is 0 Å². The van der Waals surface area contributed by atoms with E-state index in [1.807, 2.05) is 20.8 Å². The fourth-order valence-corrected chi connectivity index (χ4v) is 2.89. The molecule has 0 aliphatic heterocycles. The molecule has 2 atom stereocenters. The molecule has 0 aromatic heterocycles. The van der Waals surface area contributed by atoms with E-state index in [0.29, 0.717) is 18.7 Å². The molecule has 1 fully saturated rings. The lowest BCUT2D eigenvalue weighted by atomic mass is 9.54. The third-order valence-corrected chi connectivity index (χ3v) is 4.73. The maximum atomic E-state index is 12.6. The van der Waals surface area contributed by atoms with Crippen LogP contribution in [0.25, 0.3) is 0 Å². The minimum absolute atomic E-state index is 0. The molecule has 3 N–H and O–H groups in total. The van der Waals surface area contributed by atoms with Crippen molar-refractivity contribution in [2.45, 2.75) is 45.0 Å². The van der Waals surface area contributed by atoms with Gasteiger partial charge >= 0.3 is 6.18 Å². The molecule has 148 valence electrons. The van der Waals surface area contributed by atoms with Crippen LogP contribution in [0.5, 0.6) is 5.75 Å². The van der Waals surface area contributed by atoms with Crippen LogP contribution in [0.4, 0.5) is 18.9 Å². The van der Waals surface area contributed by atoms with E-state index < -0.39 is 29.6 Å². The molecular formula is C17H24ClF3N2O3. The Balaban J connectivity index is 0.00000338. The molecule has 0 heterocycles. The van der Waals surface area contributed by atoms with Crippen LogP contribution in [0.3, 0.4) is 0 Å². The van der Waals surface area contributed by atoms with E-state index in [-0.39, 0.29) is 24.3 Å². The topological polar surface area (TPSA) is 73.6 Å². The number of halogens is 4. The van der Waals surface area contributed by atoms with E-state index in [1.165, 1.54) is 18.2 Å². The highest BCUT2D eigenvalue weighted by Gasteiger charge is 2.62. The minimum atomic E-state index is -4.43. The summed E-state index contributed by atoms with van der Waals surface area (Å²) in [6.45, 7) is 4.73. The SMILES string of the molecule is CCOC1CC(N)(C(=O)Nc2cccc(OCC(F)(F)F)c2)C1(C)C.Cl. The summed E-state index contributed by atoms with van der Waals surface area (Å²) in [5.41, 5.74) is 4.93. The molecule has 1 aromatic carbocycles. The highest BCUT2D eigenvalue weighted by atomic mass is 35.5. The summed E-state index contributed by atoms with van der Waals surface area (Å²) in [4.78, 5) is 12.6. The van der Waals surface area contributed by atoms with E-state index in [2.05, 4.69) is 10.1 Å². The zero-order chi connectivity index (χ0) is 18.9. The fraction of sp³-hybridized carbons (Fsp3) is 0.588.